The summed E-state index contributed by atoms with van der Waals surface area (Å²) in [6.45, 7) is 5.57. The molecule has 0 atom stereocenters. The quantitative estimate of drug-likeness (QED) is 0.747. The fourth-order valence-corrected chi connectivity index (χ4v) is 3.31. The van der Waals surface area contributed by atoms with Gasteiger partial charge in [-0.2, -0.15) is 10.2 Å². The van der Waals surface area contributed by atoms with Gasteiger partial charge >= 0.3 is 0 Å². The smallest absolute Gasteiger partial charge is 0.222 e. The van der Waals surface area contributed by atoms with Crippen LogP contribution < -0.4 is 4.90 Å². The minimum atomic E-state index is -0.359. The number of benzene rings is 1. The third kappa shape index (κ3) is 4.60. The number of nitrogens with zero attached hydrogens (tertiary/aromatic N) is 4. The summed E-state index contributed by atoms with van der Waals surface area (Å²) in [5, 5.41) is 8.23. The molecule has 5 nitrogen and oxygen atoms in total. The van der Waals surface area contributed by atoms with Gasteiger partial charge in [0.05, 0.1) is 0 Å². The highest BCUT2D eigenvalue weighted by Crippen LogP contribution is 2.37. The van der Waals surface area contributed by atoms with Crippen molar-refractivity contribution in [2.24, 2.45) is 10.2 Å². The molecule has 1 amide bonds. The van der Waals surface area contributed by atoms with Crippen molar-refractivity contribution in [3.05, 3.63) is 29.8 Å². The second kappa shape index (κ2) is 7.69. The van der Waals surface area contributed by atoms with Crippen LogP contribution in [0.4, 0.5) is 5.69 Å². The van der Waals surface area contributed by atoms with Crippen LogP contribution in [0.2, 0.25) is 0 Å². The van der Waals surface area contributed by atoms with Gasteiger partial charge in [-0.1, -0.05) is 17.7 Å². The molecule has 25 heavy (non-hydrogen) atoms. The Kier molecular flexibility index (Phi) is 5.37. The summed E-state index contributed by atoms with van der Waals surface area (Å²) in [4.78, 5) is 16.9. The Hall–Kier alpha value is -2.35. The van der Waals surface area contributed by atoms with E-state index in [9.17, 15) is 4.79 Å². The van der Waals surface area contributed by atoms with Crippen molar-refractivity contribution in [3.8, 4) is 12.3 Å². The van der Waals surface area contributed by atoms with Crippen LogP contribution in [0, 0.1) is 19.3 Å². The first kappa shape index (κ1) is 17.5. The van der Waals surface area contributed by atoms with E-state index in [1.165, 1.54) is 11.3 Å². The first-order valence-electron chi connectivity index (χ1n) is 9.09. The Balaban J connectivity index is 1.48. The monoisotopic (exact) mass is 338 g/mol. The molecule has 0 N–H and O–H groups in total. The molecule has 132 valence electrons. The van der Waals surface area contributed by atoms with E-state index in [1.54, 1.807) is 0 Å². The summed E-state index contributed by atoms with van der Waals surface area (Å²) in [5.74, 6) is 2.84. The van der Waals surface area contributed by atoms with Crippen molar-refractivity contribution in [2.75, 3.05) is 31.1 Å². The second-order valence-electron chi connectivity index (χ2n) is 6.94. The molecule has 3 rings (SSSR count). The number of carbonyl (C=O) groups excluding carboxylic acids is 1. The van der Waals surface area contributed by atoms with Crippen molar-refractivity contribution in [2.45, 2.75) is 44.7 Å². The number of rotatable bonds is 6. The largest absolute Gasteiger partial charge is 0.370 e. The Labute approximate surface area is 150 Å². The van der Waals surface area contributed by atoms with Gasteiger partial charge in [0.1, 0.15) is 0 Å². The maximum atomic E-state index is 12.6. The summed E-state index contributed by atoms with van der Waals surface area (Å²) in [6.07, 6.45) is 8.92. The predicted molar refractivity (Wildman–Crippen MR) is 99.5 cm³/mol. The van der Waals surface area contributed by atoms with Crippen LogP contribution in [0.25, 0.3) is 0 Å². The molecule has 2 aliphatic heterocycles. The molecule has 0 unspecified atom stereocenters. The molecule has 2 heterocycles. The molecule has 2 aliphatic rings. The van der Waals surface area contributed by atoms with Crippen LogP contribution in [0.15, 0.2) is 34.5 Å². The van der Waals surface area contributed by atoms with Crippen LogP contribution in [0.3, 0.4) is 0 Å². The minimum Gasteiger partial charge on any atom is -0.370 e. The Morgan fingerprint density at radius 2 is 1.92 bits per heavy atom. The zero-order chi connectivity index (χ0) is 17.7. The average Bonchev–Trinajstić information content (AvgIpc) is 3.43. The first-order chi connectivity index (χ1) is 12.1. The van der Waals surface area contributed by atoms with E-state index in [-0.39, 0.29) is 11.6 Å². The molecular weight excluding hydrogens is 312 g/mol. The fourth-order valence-electron chi connectivity index (χ4n) is 3.31. The lowest BCUT2D eigenvalue weighted by Gasteiger charge is -2.24. The summed E-state index contributed by atoms with van der Waals surface area (Å²) in [5.41, 5.74) is 2.15. The van der Waals surface area contributed by atoms with Crippen LogP contribution in [-0.4, -0.2) is 42.6 Å². The van der Waals surface area contributed by atoms with Gasteiger partial charge in [0, 0.05) is 57.5 Å². The molecule has 0 saturated carbocycles. The van der Waals surface area contributed by atoms with E-state index in [2.05, 4.69) is 52.2 Å². The number of carbonyl (C=O) groups is 1. The number of hydrogen-bond acceptors (Lipinski definition) is 4. The van der Waals surface area contributed by atoms with Gasteiger partial charge in [0.15, 0.2) is 5.66 Å². The number of anilines is 1. The lowest BCUT2D eigenvalue weighted by Crippen LogP contribution is -2.35. The molecule has 1 aromatic carbocycles. The van der Waals surface area contributed by atoms with Gasteiger partial charge in [0.2, 0.25) is 5.91 Å². The number of hydrogen-bond donors (Lipinski definition) is 0. The first-order valence-corrected chi connectivity index (χ1v) is 9.09. The normalized spacial score (nSPS) is 18.6. The van der Waals surface area contributed by atoms with E-state index in [0.29, 0.717) is 19.3 Å². The van der Waals surface area contributed by atoms with Crippen molar-refractivity contribution < 1.29 is 4.79 Å². The van der Waals surface area contributed by atoms with E-state index < -0.39 is 0 Å². The molecule has 5 heteroatoms. The predicted octanol–water partition coefficient (Wildman–Crippen LogP) is 3.39. The topological polar surface area (TPSA) is 48.3 Å². The van der Waals surface area contributed by atoms with Crippen LogP contribution >= 0.6 is 0 Å². The van der Waals surface area contributed by atoms with Gasteiger partial charge in [-0.05, 0) is 25.5 Å². The van der Waals surface area contributed by atoms with Gasteiger partial charge in [0.25, 0.3) is 0 Å². The average molecular weight is 338 g/mol. The maximum Gasteiger partial charge on any atom is 0.222 e. The van der Waals surface area contributed by atoms with Gasteiger partial charge in [-0.15, -0.1) is 12.3 Å². The lowest BCUT2D eigenvalue weighted by atomic mass is 10.0. The summed E-state index contributed by atoms with van der Waals surface area (Å²) < 4.78 is 0. The zero-order valence-corrected chi connectivity index (χ0v) is 14.9. The lowest BCUT2D eigenvalue weighted by molar-refractivity contribution is -0.131. The molecule has 1 aromatic rings. The number of terminal acetylenes is 1. The van der Waals surface area contributed by atoms with Crippen molar-refractivity contribution in [1.29, 1.82) is 0 Å². The van der Waals surface area contributed by atoms with Crippen LogP contribution in [0.5, 0.6) is 0 Å². The van der Waals surface area contributed by atoms with E-state index in [4.69, 9.17) is 6.42 Å². The standard InChI is InChI=1S/C20H26N4O/c1-3-4-11-20(21-22-20)12-10-19(25)24-14-5-13-23(15-16-24)18-8-6-17(2)7-9-18/h1,6-9H,4-5,10-16H2,2H3. The zero-order valence-electron chi connectivity index (χ0n) is 14.9. The molecule has 0 radical (unpaired) electrons. The van der Waals surface area contributed by atoms with Gasteiger partial charge in [-0.25, -0.2) is 0 Å². The Morgan fingerprint density at radius 1 is 1.16 bits per heavy atom. The third-order valence-electron chi connectivity index (χ3n) is 5.04. The molecule has 1 fully saturated rings. The highest BCUT2D eigenvalue weighted by Gasteiger charge is 2.39. The van der Waals surface area contributed by atoms with Crippen molar-refractivity contribution >= 4 is 11.6 Å². The van der Waals surface area contributed by atoms with Crippen LogP contribution in [-0.2, 0) is 4.79 Å². The molecule has 0 spiro atoms. The number of amides is 1. The van der Waals surface area contributed by atoms with E-state index >= 15 is 0 Å². The van der Waals surface area contributed by atoms with E-state index in [1.807, 2.05) is 4.90 Å². The Bertz CT molecular complexity index is 668. The SMILES string of the molecule is C#CCCC1(CCC(=O)N2CCCN(c3ccc(C)cc3)CC2)N=N1. The summed E-state index contributed by atoms with van der Waals surface area (Å²) in [7, 11) is 0. The Morgan fingerprint density at radius 3 is 2.60 bits per heavy atom. The highest BCUT2D eigenvalue weighted by atomic mass is 16.2. The second-order valence-corrected chi connectivity index (χ2v) is 6.94. The summed E-state index contributed by atoms with van der Waals surface area (Å²) >= 11 is 0. The van der Waals surface area contributed by atoms with Crippen LogP contribution in [0.1, 0.15) is 37.7 Å². The summed E-state index contributed by atoms with van der Waals surface area (Å²) in [6, 6.07) is 8.61. The van der Waals surface area contributed by atoms with Gasteiger partial charge in [-0.3, -0.25) is 4.79 Å². The van der Waals surface area contributed by atoms with Crippen molar-refractivity contribution in [1.82, 2.24) is 4.90 Å². The van der Waals surface area contributed by atoms with Gasteiger partial charge < -0.3 is 9.80 Å². The minimum absolute atomic E-state index is 0.211. The van der Waals surface area contributed by atoms with Crippen molar-refractivity contribution in [3.63, 3.8) is 0 Å². The maximum absolute atomic E-state index is 12.6. The van der Waals surface area contributed by atoms with E-state index in [0.717, 1.165) is 39.0 Å². The molecule has 0 bridgehead atoms. The molecule has 1 saturated heterocycles. The fraction of sp³-hybridized carbons (Fsp3) is 0.550. The molecular formula is C20H26N4O. The third-order valence-corrected chi connectivity index (χ3v) is 5.04. The highest BCUT2D eigenvalue weighted by molar-refractivity contribution is 5.76. The molecule has 0 aliphatic carbocycles. The number of aryl methyl sites for hydroxylation is 1. The molecule has 0 aromatic heterocycles.